The molecule has 0 aromatic heterocycles. The van der Waals surface area contributed by atoms with Crippen LogP contribution >= 0.6 is 23.2 Å². The standard InChI is InChI=1S/C12H11Cl2NO3/c13-9-3-8(4-10(14)5-9)11(16)15-2-1-7(6-15)12(17)18/h3-5,7H,1-2,6H2,(H,17,18). The number of halogens is 2. The van der Waals surface area contributed by atoms with Crippen molar-refractivity contribution in [2.24, 2.45) is 5.92 Å². The summed E-state index contributed by atoms with van der Waals surface area (Å²) < 4.78 is 0. The number of hydrogen-bond acceptors (Lipinski definition) is 2. The van der Waals surface area contributed by atoms with Gasteiger partial charge in [-0.2, -0.15) is 0 Å². The Labute approximate surface area is 114 Å². The summed E-state index contributed by atoms with van der Waals surface area (Å²) in [7, 11) is 0. The SMILES string of the molecule is O=C(O)C1CCN(C(=O)c2cc(Cl)cc(Cl)c2)C1. The number of carbonyl (C=O) groups is 2. The highest BCUT2D eigenvalue weighted by molar-refractivity contribution is 6.35. The van der Waals surface area contributed by atoms with Gasteiger partial charge in [-0.05, 0) is 24.6 Å². The van der Waals surface area contributed by atoms with Crippen LogP contribution in [0, 0.1) is 5.92 Å². The molecule has 18 heavy (non-hydrogen) atoms. The maximum Gasteiger partial charge on any atom is 0.308 e. The lowest BCUT2D eigenvalue weighted by molar-refractivity contribution is -0.141. The quantitative estimate of drug-likeness (QED) is 0.909. The van der Waals surface area contributed by atoms with Gasteiger partial charge in [0.2, 0.25) is 0 Å². The van der Waals surface area contributed by atoms with Gasteiger partial charge in [-0.15, -0.1) is 0 Å². The van der Waals surface area contributed by atoms with Crippen molar-refractivity contribution in [2.45, 2.75) is 6.42 Å². The number of amides is 1. The first-order valence-corrected chi connectivity index (χ1v) is 6.21. The molecule has 1 aromatic carbocycles. The molecule has 1 unspecified atom stereocenters. The fraction of sp³-hybridized carbons (Fsp3) is 0.333. The number of nitrogens with zero attached hydrogens (tertiary/aromatic N) is 1. The fourth-order valence-corrected chi connectivity index (χ4v) is 2.53. The van der Waals surface area contributed by atoms with Crippen molar-refractivity contribution < 1.29 is 14.7 Å². The number of carboxylic acids is 1. The molecule has 1 N–H and O–H groups in total. The van der Waals surface area contributed by atoms with Crippen LogP contribution in [0.1, 0.15) is 16.8 Å². The van der Waals surface area contributed by atoms with Gasteiger partial charge in [-0.3, -0.25) is 9.59 Å². The van der Waals surface area contributed by atoms with Gasteiger partial charge in [0, 0.05) is 28.7 Å². The molecule has 4 nitrogen and oxygen atoms in total. The Balaban J connectivity index is 2.15. The van der Waals surface area contributed by atoms with Crippen LogP contribution in [0.5, 0.6) is 0 Å². The first kappa shape index (κ1) is 13.2. The molecule has 6 heteroatoms. The van der Waals surface area contributed by atoms with Crippen molar-refractivity contribution in [1.82, 2.24) is 4.90 Å². The number of carbonyl (C=O) groups excluding carboxylic acids is 1. The van der Waals surface area contributed by atoms with Crippen LogP contribution in [0.2, 0.25) is 10.0 Å². The number of likely N-dealkylation sites (tertiary alicyclic amines) is 1. The van der Waals surface area contributed by atoms with E-state index in [0.29, 0.717) is 28.6 Å². The average Bonchev–Trinajstić information content (AvgIpc) is 2.75. The summed E-state index contributed by atoms with van der Waals surface area (Å²) in [4.78, 5) is 24.5. The maximum absolute atomic E-state index is 12.1. The topological polar surface area (TPSA) is 57.6 Å². The van der Waals surface area contributed by atoms with E-state index in [0.717, 1.165) is 0 Å². The van der Waals surface area contributed by atoms with Crippen molar-refractivity contribution >= 4 is 35.1 Å². The van der Waals surface area contributed by atoms with Gasteiger partial charge in [0.1, 0.15) is 0 Å². The van der Waals surface area contributed by atoms with Crippen LogP contribution in [0.3, 0.4) is 0 Å². The van der Waals surface area contributed by atoms with Gasteiger partial charge >= 0.3 is 5.97 Å². The van der Waals surface area contributed by atoms with Crippen LogP contribution in [0.25, 0.3) is 0 Å². The Morgan fingerprint density at radius 1 is 1.22 bits per heavy atom. The van der Waals surface area contributed by atoms with Gasteiger partial charge in [0.05, 0.1) is 5.92 Å². The zero-order valence-electron chi connectivity index (χ0n) is 9.40. The molecule has 1 heterocycles. The minimum Gasteiger partial charge on any atom is -0.481 e. The van der Waals surface area contributed by atoms with Crippen molar-refractivity contribution in [3.8, 4) is 0 Å². The van der Waals surface area contributed by atoms with Crippen LogP contribution in [0.15, 0.2) is 18.2 Å². The molecule has 0 radical (unpaired) electrons. The highest BCUT2D eigenvalue weighted by atomic mass is 35.5. The Morgan fingerprint density at radius 3 is 2.33 bits per heavy atom. The van der Waals surface area contributed by atoms with E-state index in [1.165, 1.54) is 17.0 Å². The number of aliphatic carboxylic acids is 1. The molecule has 0 spiro atoms. The second-order valence-electron chi connectivity index (χ2n) is 4.23. The van der Waals surface area contributed by atoms with E-state index in [1.54, 1.807) is 6.07 Å². The first-order chi connectivity index (χ1) is 8.47. The van der Waals surface area contributed by atoms with Gasteiger partial charge in [0.15, 0.2) is 0 Å². The smallest absolute Gasteiger partial charge is 0.308 e. The van der Waals surface area contributed by atoms with Gasteiger partial charge < -0.3 is 10.0 Å². The molecule has 1 fully saturated rings. The van der Waals surface area contributed by atoms with Gasteiger partial charge in [0.25, 0.3) is 5.91 Å². The number of benzene rings is 1. The molecule has 1 amide bonds. The molecule has 1 aliphatic heterocycles. The number of rotatable bonds is 2. The average molecular weight is 288 g/mol. The van der Waals surface area contributed by atoms with Crippen molar-refractivity contribution in [1.29, 1.82) is 0 Å². The molecule has 1 aromatic rings. The molecular weight excluding hydrogens is 277 g/mol. The van der Waals surface area contributed by atoms with Crippen LogP contribution in [-0.2, 0) is 4.79 Å². The molecule has 1 saturated heterocycles. The molecule has 0 aliphatic carbocycles. The largest absolute Gasteiger partial charge is 0.481 e. The summed E-state index contributed by atoms with van der Waals surface area (Å²) in [5, 5.41) is 9.67. The predicted octanol–water partition coefficient (Wildman–Crippen LogP) is 2.54. The highest BCUT2D eigenvalue weighted by Gasteiger charge is 2.31. The minimum atomic E-state index is -0.866. The summed E-state index contributed by atoms with van der Waals surface area (Å²) >= 11 is 11.7. The number of carboxylic acid groups (broad SMARTS) is 1. The molecule has 96 valence electrons. The Hall–Kier alpha value is -1.26. The zero-order chi connectivity index (χ0) is 13.3. The molecule has 2 rings (SSSR count). The van der Waals surface area contributed by atoms with Crippen LogP contribution < -0.4 is 0 Å². The lowest BCUT2D eigenvalue weighted by atomic mass is 10.1. The third kappa shape index (κ3) is 2.76. The van der Waals surface area contributed by atoms with E-state index < -0.39 is 11.9 Å². The molecule has 0 bridgehead atoms. The second kappa shape index (κ2) is 5.16. The molecule has 0 saturated carbocycles. The van der Waals surface area contributed by atoms with Gasteiger partial charge in [-0.25, -0.2) is 0 Å². The van der Waals surface area contributed by atoms with Gasteiger partial charge in [-0.1, -0.05) is 23.2 Å². The van der Waals surface area contributed by atoms with Crippen molar-refractivity contribution in [3.05, 3.63) is 33.8 Å². The zero-order valence-corrected chi connectivity index (χ0v) is 10.9. The normalized spacial score (nSPS) is 19.0. The predicted molar refractivity (Wildman–Crippen MR) is 68.1 cm³/mol. The Morgan fingerprint density at radius 2 is 1.83 bits per heavy atom. The first-order valence-electron chi connectivity index (χ1n) is 5.45. The van der Waals surface area contributed by atoms with E-state index in [9.17, 15) is 9.59 Å². The van der Waals surface area contributed by atoms with Crippen LogP contribution in [-0.4, -0.2) is 35.0 Å². The Kier molecular flexibility index (Phi) is 3.78. The summed E-state index contributed by atoms with van der Waals surface area (Å²) in [5.74, 6) is -1.58. The van der Waals surface area contributed by atoms with E-state index in [-0.39, 0.29) is 12.5 Å². The lowest BCUT2D eigenvalue weighted by Gasteiger charge is -2.16. The summed E-state index contributed by atoms with van der Waals surface area (Å²) in [5.41, 5.74) is 0.388. The van der Waals surface area contributed by atoms with Crippen molar-refractivity contribution in [3.63, 3.8) is 0 Å². The summed E-state index contributed by atoms with van der Waals surface area (Å²) in [6.45, 7) is 0.679. The van der Waals surface area contributed by atoms with E-state index >= 15 is 0 Å². The van der Waals surface area contributed by atoms with E-state index in [4.69, 9.17) is 28.3 Å². The van der Waals surface area contributed by atoms with E-state index in [1.807, 2.05) is 0 Å². The monoisotopic (exact) mass is 287 g/mol. The molecular formula is C12H11Cl2NO3. The molecule has 1 atom stereocenters. The summed E-state index contributed by atoms with van der Waals surface area (Å²) in [6.07, 6.45) is 0.482. The highest BCUT2D eigenvalue weighted by Crippen LogP contribution is 2.23. The molecule has 1 aliphatic rings. The van der Waals surface area contributed by atoms with Crippen molar-refractivity contribution in [2.75, 3.05) is 13.1 Å². The second-order valence-corrected chi connectivity index (χ2v) is 5.11. The fourth-order valence-electron chi connectivity index (χ4n) is 2.01. The number of hydrogen-bond donors (Lipinski definition) is 1. The summed E-state index contributed by atoms with van der Waals surface area (Å²) in [6, 6.07) is 4.61. The van der Waals surface area contributed by atoms with Crippen LogP contribution in [0.4, 0.5) is 0 Å². The van der Waals surface area contributed by atoms with E-state index in [2.05, 4.69) is 0 Å². The Bertz CT molecular complexity index is 484. The third-order valence-electron chi connectivity index (χ3n) is 2.93. The lowest BCUT2D eigenvalue weighted by Crippen LogP contribution is -2.29. The minimum absolute atomic E-state index is 0.233. The third-order valence-corrected chi connectivity index (χ3v) is 3.37. The maximum atomic E-state index is 12.1.